The van der Waals surface area contributed by atoms with Crippen molar-refractivity contribution >= 4 is 24.0 Å². The summed E-state index contributed by atoms with van der Waals surface area (Å²) in [5, 5.41) is 4.27. The number of rotatable bonds is 9. The van der Waals surface area contributed by atoms with Gasteiger partial charge in [-0.3, -0.25) is 10.1 Å². The molecule has 1 aromatic rings. The summed E-state index contributed by atoms with van der Waals surface area (Å²) in [4.78, 5) is 34.6. The van der Waals surface area contributed by atoms with Gasteiger partial charge in [-0.2, -0.15) is 0 Å². The third-order valence-electron chi connectivity index (χ3n) is 3.27. The van der Waals surface area contributed by atoms with E-state index in [1.165, 1.54) is 26.1 Å². The molecule has 0 aliphatic heterocycles. The van der Waals surface area contributed by atoms with Gasteiger partial charge >= 0.3 is 12.0 Å². The van der Waals surface area contributed by atoms with Crippen LogP contribution < -0.4 is 20.1 Å². The van der Waals surface area contributed by atoms with Crippen LogP contribution >= 0.6 is 0 Å². The predicted octanol–water partition coefficient (Wildman–Crippen LogP) is 2.27. The molecular weight excluding hydrogens is 352 g/mol. The molecule has 0 spiro atoms. The Kier molecular flexibility index (Phi) is 9.42. The molecule has 0 unspecified atom stereocenters. The number of hydrogen-bond acceptors (Lipinski definition) is 6. The monoisotopic (exact) mass is 378 g/mol. The Labute approximate surface area is 158 Å². The molecule has 0 saturated carbocycles. The quantitative estimate of drug-likeness (QED) is 0.505. The molecule has 148 valence electrons. The molecule has 27 heavy (non-hydrogen) atoms. The molecule has 0 fully saturated rings. The highest BCUT2D eigenvalue weighted by atomic mass is 16.5. The van der Waals surface area contributed by atoms with Crippen LogP contribution in [0.15, 0.2) is 24.3 Å². The van der Waals surface area contributed by atoms with E-state index in [2.05, 4.69) is 5.32 Å². The molecule has 0 aliphatic rings. The van der Waals surface area contributed by atoms with Crippen molar-refractivity contribution in [3.8, 4) is 11.5 Å². The third kappa shape index (κ3) is 7.81. The van der Waals surface area contributed by atoms with Crippen molar-refractivity contribution in [3.05, 3.63) is 29.8 Å². The van der Waals surface area contributed by atoms with E-state index >= 15 is 0 Å². The minimum absolute atomic E-state index is 0.482. The van der Waals surface area contributed by atoms with E-state index in [1.54, 1.807) is 18.2 Å². The Morgan fingerprint density at radius 1 is 1.15 bits per heavy atom. The van der Waals surface area contributed by atoms with Crippen LogP contribution in [-0.2, 0) is 14.3 Å². The lowest BCUT2D eigenvalue weighted by atomic mass is 10.2. The van der Waals surface area contributed by atoms with Gasteiger partial charge in [0.25, 0.3) is 5.91 Å². The van der Waals surface area contributed by atoms with Crippen LogP contribution in [0.2, 0.25) is 0 Å². The van der Waals surface area contributed by atoms with Crippen molar-refractivity contribution in [1.82, 2.24) is 10.6 Å². The highest BCUT2D eigenvalue weighted by Crippen LogP contribution is 2.29. The third-order valence-corrected chi connectivity index (χ3v) is 3.27. The topological polar surface area (TPSA) is 103 Å². The normalized spacial score (nSPS) is 11.6. The predicted molar refractivity (Wildman–Crippen MR) is 101 cm³/mol. The molecule has 0 aliphatic carbocycles. The van der Waals surface area contributed by atoms with Crippen LogP contribution in [-0.4, -0.2) is 44.3 Å². The maximum absolute atomic E-state index is 11.9. The van der Waals surface area contributed by atoms with E-state index in [1.807, 2.05) is 19.2 Å². The second-order valence-corrected chi connectivity index (χ2v) is 5.47. The summed E-state index contributed by atoms with van der Waals surface area (Å²) in [7, 11) is 1.37. The summed E-state index contributed by atoms with van der Waals surface area (Å²) in [5.74, 6) is -0.205. The maximum Gasteiger partial charge on any atom is 0.331 e. The van der Waals surface area contributed by atoms with E-state index in [-0.39, 0.29) is 0 Å². The molecule has 1 rings (SSSR count). The minimum Gasteiger partial charge on any atom is -0.490 e. The van der Waals surface area contributed by atoms with E-state index in [0.29, 0.717) is 30.3 Å². The van der Waals surface area contributed by atoms with Crippen LogP contribution in [0.3, 0.4) is 0 Å². The van der Waals surface area contributed by atoms with E-state index in [0.717, 1.165) is 6.42 Å². The van der Waals surface area contributed by atoms with Gasteiger partial charge < -0.3 is 19.5 Å². The maximum atomic E-state index is 11.9. The average molecular weight is 378 g/mol. The standard InChI is InChI=1S/C19H26N2O6/c1-5-11-26-15-9-7-14(12-16(15)25-6-2)8-10-17(22)27-13(3)18(23)21-19(24)20-4/h7-10,12-13H,5-6,11H2,1-4H3,(H2,20,21,23,24)/b10-8+/t13-/m0/s1. The zero-order valence-electron chi connectivity index (χ0n) is 16.0. The van der Waals surface area contributed by atoms with Gasteiger partial charge in [-0.05, 0) is 44.0 Å². The fourth-order valence-corrected chi connectivity index (χ4v) is 1.94. The second-order valence-electron chi connectivity index (χ2n) is 5.47. The molecular formula is C19H26N2O6. The van der Waals surface area contributed by atoms with Crippen molar-refractivity contribution < 1.29 is 28.6 Å². The second kappa shape index (κ2) is 11.6. The zero-order valence-corrected chi connectivity index (χ0v) is 16.0. The molecule has 8 heteroatoms. The number of benzene rings is 1. The minimum atomic E-state index is -1.11. The highest BCUT2D eigenvalue weighted by Gasteiger charge is 2.18. The van der Waals surface area contributed by atoms with Crippen LogP contribution in [0.4, 0.5) is 4.79 Å². The number of esters is 1. The lowest BCUT2D eigenvalue weighted by Gasteiger charge is -2.12. The molecule has 0 saturated heterocycles. The SMILES string of the molecule is CCCOc1ccc(/C=C/C(=O)O[C@@H](C)C(=O)NC(=O)NC)cc1OCC. The van der Waals surface area contributed by atoms with Gasteiger partial charge in [0.1, 0.15) is 0 Å². The summed E-state index contributed by atoms with van der Waals surface area (Å²) in [6.45, 7) is 6.32. The van der Waals surface area contributed by atoms with Crippen molar-refractivity contribution in [2.75, 3.05) is 20.3 Å². The lowest BCUT2D eigenvalue weighted by molar-refractivity contribution is -0.149. The van der Waals surface area contributed by atoms with E-state index < -0.39 is 24.0 Å². The Morgan fingerprint density at radius 2 is 1.89 bits per heavy atom. The van der Waals surface area contributed by atoms with Gasteiger partial charge in [0, 0.05) is 13.1 Å². The largest absolute Gasteiger partial charge is 0.490 e. The number of urea groups is 1. The smallest absolute Gasteiger partial charge is 0.331 e. The first-order valence-electron chi connectivity index (χ1n) is 8.72. The highest BCUT2D eigenvalue weighted by molar-refractivity contribution is 5.97. The summed E-state index contributed by atoms with van der Waals surface area (Å²) >= 11 is 0. The van der Waals surface area contributed by atoms with Crippen molar-refractivity contribution in [1.29, 1.82) is 0 Å². The number of carbonyl (C=O) groups excluding carboxylic acids is 3. The Hall–Kier alpha value is -3.03. The van der Waals surface area contributed by atoms with Crippen molar-refractivity contribution in [3.63, 3.8) is 0 Å². The molecule has 2 N–H and O–H groups in total. The molecule has 1 atom stereocenters. The average Bonchev–Trinajstić information content (AvgIpc) is 2.65. The zero-order chi connectivity index (χ0) is 20.2. The van der Waals surface area contributed by atoms with Crippen LogP contribution in [0.1, 0.15) is 32.8 Å². The van der Waals surface area contributed by atoms with Gasteiger partial charge in [-0.1, -0.05) is 13.0 Å². The summed E-state index contributed by atoms with van der Waals surface area (Å²) in [6, 6.07) is 4.62. The first-order valence-corrected chi connectivity index (χ1v) is 8.72. The molecule has 0 heterocycles. The Balaban J connectivity index is 2.71. The van der Waals surface area contributed by atoms with Gasteiger partial charge in [0.15, 0.2) is 17.6 Å². The Bertz CT molecular complexity index is 687. The fourth-order valence-electron chi connectivity index (χ4n) is 1.94. The van der Waals surface area contributed by atoms with Crippen molar-refractivity contribution in [2.24, 2.45) is 0 Å². The summed E-state index contributed by atoms with van der Waals surface area (Å²) in [6.07, 6.45) is 2.51. The lowest BCUT2D eigenvalue weighted by Crippen LogP contribution is -2.43. The first kappa shape index (κ1) is 22.0. The number of amides is 3. The van der Waals surface area contributed by atoms with Crippen LogP contribution in [0.5, 0.6) is 11.5 Å². The van der Waals surface area contributed by atoms with E-state index in [4.69, 9.17) is 14.2 Å². The van der Waals surface area contributed by atoms with E-state index in [9.17, 15) is 14.4 Å². The number of hydrogen-bond donors (Lipinski definition) is 2. The van der Waals surface area contributed by atoms with Crippen LogP contribution in [0, 0.1) is 0 Å². The number of carbonyl (C=O) groups is 3. The van der Waals surface area contributed by atoms with Gasteiger partial charge in [-0.15, -0.1) is 0 Å². The number of imide groups is 1. The van der Waals surface area contributed by atoms with Gasteiger partial charge in [0.05, 0.1) is 13.2 Å². The summed E-state index contributed by atoms with van der Waals surface area (Å²) in [5.41, 5.74) is 0.710. The van der Waals surface area contributed by atoms with Gasteiger partial charge in [-0.25, -0.2) is 9.59 Å². The molecule has 0 radical (unpaired) electrons. The molecule has 3 amide bonds. The number of ether oxygens (including phenoxy) is 3. The fraction of sp³-hybridized carbons (Fsp3) is 0.421. The summed E-state index contributed by atoms with van der Waals surface area (Å²) < 4.78 is 16.1. The molecule has 0 aromatic heterocycles. The van der Waals surface area contributed by atoms with Crippen molar-refractivity contribution in [2.45, 2.75) is 33.3 Å². The van der Waals surface area contributed by atoms with Gasteiger partial charge in [0.2, 0.25) is 0 Å². The molecule has 0 bridgehead atoms. The molecule has 8 nitrogen and oxygen atoms in total. The van der Waals surface area contributed by atoms with Crippen LogP contribution in [0.25, 0.3) is 6.08 Å². The number of nitrogens with one attached hydrogen (secondary N) is 2. The first-order chi connectivity index (χ1) is 12.9. The molecule has 1 aromatic carbocycles. The Morgan fingerprint density at radius 3 is 2.52 bits per heavy atom.